The van der Waals surface area contributed by atoms with Crippen LogP contribution in [0.2, 0.25) is 0 Å². The van der Waals surface area contributed by atoms with Gasteiger partial charge in [0.1, 0.15) is 5.82 Å². The Labute approximate surface area is 142 Å². The molecule has 124 valence electrons. The number of aromatic nitrogens is 3. The molecule has 0 aliphatic heterocycles. The Morgan fingerprint density at radius 1 is 1.48 bits per heavy atom. The van der Waals surface area contributed by atoms with E-state index in [0.717, 1.165) is 10.0 Å². The fourth-order valence-corrected chi connectivity index (χ4v) is 3.47. The van der Waals surface area contributed by atoms with Gasteiger partial charge in [-0.05, 0) is 13.8 Å². The van der Waals surface area contributed by atoms with Gasteiger partial charge in [0.2, 0.25) is 5.91 Å². The number of ether oxygens (including phenoxy) is 1. The van der Waals surface area contributed by atoms with Crippen LogP contribution in [-0.4, -0.2) is 39.0 Å². The van der Waals surface area contributed by atoms with E-state index in [9.17, 15) is 9.59 Å². The fourth-order valence-electron chi connectivity index (χ4n) is 1.83. The number of thiazole rings is 1. The smallest absolute Gasteiger partial charge is 0.311 e. The lowest BCUT2D eigenvalue weighted by molar-refractivity contribution is -0.142. The molecule has 0 unspecified atom stereocenters. The minimum atomic E-state index is -0.293. The lowest BCUT2D eigenvalue weighted by Crippen LogP contribution is -2.16. The molecule has 0 aromatic carbocycles. The molecular formula is C14H18N4O3S2. The molecule has 2 aromatic rings. The summed E-state index contributed by atoms with van der Waals surface area (Å²) in [6, 6.07) is 1.81. The van der Waals surface area contributed by atoms with Crippen LogP contribution in [0, 0.1) is 6.92 Å². The van der Waals surface area contributed by atoms with Gasteiger partial charge in [-0.2, -0.15) is 5.10 Å². The van der Waals surface area contributed by atoms with Crippen LogP contribution in [0.3, 0.4) is 0 Å². The van der Waals surface area contributed by atoms with Gasteiger partial charge in [-0.1, -0.05) is 11.8 Å². The summed E-state index contributed by atoms with van der Waals surface area (Å²) in [7, 11) is 1.78. The van der Waals surface area contributed by atoms with Crippen LogP contribution in [0.15, 0.2) is 15.8 Å². The summed E-state index contributed by atoms with van der Waals surface area (Å²) in [4.78, 5) is 27.7. The van der Waals surface area contributed by atoms with Gasteiger partial charge in [0.15, 0.2) is 4.34 Å². The van der Waals surface area contributed by atoms with Crippen molar-refractivity contribution < 1.29 is 14.3 Å². The van der Waals surface area contributed by atoms with Crippen molar-refractivity contribution in [2.24, 2.45) is 7.05 Å². The maximum absolute atomic E-state index is 11.9. The van der Waals surface area contributed by atoms with Crippen LogP contribution < -0.4 is 5.32 Å². The predicted octanol–water partition coefficient (Wildman–Crippen LogP) is 2.02. The number of aryl methyl sites for hydroxylation is 2. The molecular weight excluding hydrogens is 336 g/mol. The third-order valence-corrected chi connectivity index (χ3v) is 4.83. The highest BCUT2D eigenvalue weighted by molar-refractivity contribution is 8.01. The highest BCUT2D eigenvalue weighted by Gasteiger charge is 2.11. The average Bonchev–Trinajstić information content (AvgIpc) is 3.04. The topological polar surface area (TPSA) is 86.1 Å². The fraction of sp³-hybridized carbons (Fsp3) is 0.429. The van der Waals surface area contributed by atoms with Crippen molar-refractivity contribution in [1.29, 1.82) is 0 Å². The summed E-state index contributed by atoms with van der Waals surface area (Å²) < 4.78 is 7.25. The maximum atomic E-state index is 11.9. The summed E-state index contributed by atoms with van der Waals surface area (Å²) in [6.07, 6.45) is 0.158. The quantitative estimate of drug-likeness (QED) is 0.605. The molecule has 1 N–H and O–H groups in total. The molecule has 0 radical (unpaired) electrons. The van der Waals surface area contributed by atoms with Crippen molar-refractivity contribution in [3.05, 3.63) is 22.8 Å². The molecule has 0 spiro atoms. The third-order valence-electron chi connectivity index (χ3n) is 2.76. The monoisotopic (exact) mass is 354 g/mol. The summed E-state index contributed by atoms with van der Waals surface area (Å²) in [5, 5.41) is 8.78. The largest absolute Gasteiger partial charge is 0.466 e. The lowest BCUT2D eigenvalue weighted by Gasteiger charge is -2.03. The molecule has 9 heteroatoms. The SMILES string of the molecule is CCOC(=O)Cc1csc(SCC(=O)Nc2cc(C)nn2C)n1. The van der Waals surface area contributed by atoms with E-state index in [0.29, 0.717) is 18.1 Å². The van der Waals surface area contributed by atoms with Crippen LogP contribution in [0.1, 0.15) is 18.3 Å². The Hall–Kier alpha value is -1.87. The highest BCUT2D eigenvalue weighted by Crippen LogP contribution is 2.23. The van der Waals surface area contributed by atoms with Crippen molar-refractivity contribution in [2.75, 3.05) is 17.7 Å². The Kier molecular flexibility index (Phi) is 6.17. The zero-order valence-electron chi connectivity index (χ0n) is 13.2. The average molecular weight is 354 g/mol. The van der Waals surface area contributed by atoms with Crippen molar-refractivity contribution in [1.82, 2.24) is 14.8 Å². The third kappa shape index (κ3) is 5.36. The molecule has 2 aromatic heterocycles. The van der Waals surface area contributed by atoms with E-state index in [1.54, 1.807) is 18.7 Å². The molecule has 0 saturated carbocycles. The summed E-state index contributed by atoms with van der Waals surface area (Å²) >= 11 is 2.75. The number of rotatable bonds is 7. The Balaban J connectivity index is 1.81. The molecule has 0 atom stereocenters. The number of esters is 1. The van der Waals surface area contributed by atoms with E-state index in [-0.39, 0.29) is 24.1 Å². The van der Waals surface area contributed by atoms with E-state index in [1.807, 2.05) is 18.4 Å². The minimum Gasteiger partial charge on any atom is -0.466 e. The van der Waals surface area contributed by atoms with Gasteiger partial charge >= 0.3 is 5.97 Å². The Morgan fingerprint density at radius 2 is 2.26 bits per heavy atom. The molecule has 0 saturated heterocycles. The number of carbonyl (C=O) groups excluding carboxylic acids is 2. The number of carbonyl (C=O) groups is 2. The number of nitrogens with one attached hydrogen (secondary N) is 1. The standard InChI is InChI=1S/C14H18N4O3S2/c1-4-21-13(20)6-10-7-22-14(15-10)23-8-12(19)16-11-5-9(2)17-18(11)3/h5,7H,4,6,8H2,1-3H3,(H,16,19). The van der Waals surface area contributed by atoms with Crippen molar-refractivity contribution in [3.63, 3.8) is 0 Å². The highest BCUT2D eigenvalue weighted by atomic mass is 32.2. The van der Waals surface area contributed by atoms with Gasteiger partial charge < -0.3 is 10.1 Å². The van der Waals surface area contributed by atoms with Gasteiger partial charge in [-0.15, -0.1) is 11.3 Å². The number of hydrogen-bond acceptors (Lipinski definition) is 7. The first kappa shape index (κ1) is 17.5. The maximum Gasteiger partial charge on any atom is 0.311 e. The van der Waals surface area contributed by atoms with Gasteiger partial charge in [-0.25, -0.2) is 4.98 Å². The summed E-state index contributed by atoms with van der Waals surface area (Å²) in [5.74, 6) is 0.491. The molecule has 0 bridgehead atoms. The number of thioether (sulfide) groups is 1. The second kappa shape index (κ2) is 8.11. The molecule has 1 amide bonds. The zero-order valence-corrected chi connectivity index (χ0v) is 14.8. The van der Waals surface area contributed by atoms with Crippen LogP contribution in [-0.2, 0) is 27.8 Å². The van der Waals surface area contributed by atoms with E-state index < -0.39 is 0 Å². The van der Waals surface area contributed by atoms with Gasteiger partial charge in [0.25, 0.3) is 0 Å². The minimum absolute atomic E-state index is 0.125. The Morgan fingerprint density at radius 3 is 2.91 bits per heavy atom. The van der Waals surface area contributed by atoms with E-state index >= 15 is 0 Å². The number of hydrogen-bond donors (Lipinski definition) is 1. The van der Waals surface area contributed by atoms with Crippen LogP contribution >= 0.6 is 23.1 Å². The Bertz CT molecular complexity index is 696. The van der Waals surface area contributed by atoms with Crippen molar-refractivity contribution >= 4 is 40.8 Å². The predicted molar refractivity (Wildman–Crippen MR) is 89.7 cm³/mol. The molecule has 23 heavy (non-hydrogen) atoms. The first-order chi connectivity index (χ1) is 11.0. The second-order valence-electron chi connectivity index (χ2n) is 4.72. The van der Waals surface area contributed by atoms with Crippen molar-refractivity contribution in [2.45, 2.75) is 24.6 Å². The summed E-state index contributed by atoms with van der Waals surface area (Å²) in [6.45, 7) is 3.99. The number of nitrogens with zero attached hydrogens (tertiary/aromatic N) is 3. The molecule has 0 aliphatic carbocycles. The second-order valence-corrected chi connectivity index (χ2v) is 6.80. The zero-order chi connectivity index (χ0) is 16.8. The van der Waals surface area contributed by atoms with Gasteiger partial charge in [-0.3, -0.25) is 14.3 Å². The molecule has 0 aliphatic rings. The first-order valence-corrected chi connectivity index (χ1v) is 8.87. The van der Waals surface area contributed by atoms with Crippen LogP contribution in [0.4, 0.5) is 5.82 Å². The van der Waals surface area contributed by atoms with Crippen molar-refractivity contribution in [3.8, 4) is 0 Å². The van der Waals surface area contributed by atoms with E-state index in [4.69, 9.17) is 4.74 Å². The normalized spacial score (nSPS) is 10.6. The summed E-state index contributed by atoms with van der Waals surface area (Å²) in [5.41, 5.74) is 1.51. The molecule has 2 heterocycles. The number of anilines is 1. The number of amides is 1. The van der Waals surface area contributed by atoms with Crippen LogP contribution in [0.5, 0.6) is 0 Å². The molecule has 7 nitrogen and oxygen atoms in total. The van der Waals surface area contributed by atoms with E-state index in [1.165, 1.54) is 23.1 Å². The van der Waals surface area contributed by atoms with Gasteiger partial charge in [0.05, 0.1) is 30.2 Å². The lowest BCUT2D eigenvalue weighted by atomic mass is 10.3. The van der Waals surface area contributed by atoms with E-state index in [2.05, 4.69) is 15.4 Å². The van der Waals surface area contributed by atoms with Gasteiger partial charge in [0, 0.05) is 18.5 Å². The van der Waals surface area contributed by atoms with Crippen LogP contribution in [0.25, 0.3) is 0 Å². The first-order valence-electron chi connectivity index (χ1n) is 7.01. The molecule has 0 fully saturated rings. The molecule has 2 rings (SSSR count).